The Kier molecular flexibility index (Phi) is 7.53. The van der Waals surface area contributed by atoms with Crippen molar-refractivity contribution in [1.29, 1.82) is 0 Å². The fourth-order valence-electron chi connectivity index (χ4n) is 8.48. The molecule has 0 saturated carbocycles. The number of para-hydroxylation sites is 1. The third kappa shape index (κ3) is 5.42. The smallest absolute Gasteiger partial charge is 0.135 e. The van der Waals surface area contributed by atoms with Crippen LogP contribution in [0.15, 0.2) is 217 Å². The molecule has 0 atom stereocenters. The van der Waals surface area contributed by atoms with Crippen LogP contribution in [0.25, 0.3) is 87.6 Å². The molecule has 262 valence electrons. The Balaban J connectivity index is 0.981. The molecule has 2 nitrogen and oxygen atoms in total. The van der Waals surface area contributed by atoms with Crippen LogP contribution in [0.2, 0.25) is 0 Å². The first-order valence-electron chi connectivity index (χ1n) is 19.2. The minimum Gasteiger partial charge on any atom is -0.456 e. The summed E-state index contributed by atoms with van der Waals surface area (Å²) in [6.07, 6.45) is 0. The lowest BCUT2D eigenvalue weighted by atomic mass is 9.94. The lowest BCUT2D eigenvalue weighted by Crippen LogP contribution is -2.10. The van der Waals surface area contributed by atoms with Crippen molar-refractivity contribution in [2.24, 2.45) is 0 Å². The zero-order chi connectivity index (χ0) is 37.0. The number of hydrogen-bond acceptors (Lipinski definition) is 2. The summed E-state index contributed by atoms with van der Waals surface area (Å²) >= 11 is 0. The second-order valence-corrected chi connectivity index (χ2v) is 14.5. The average molecular weight is 714 g/mol. The van der Waals surface area contributed by atoms with Gasteiger partial charge in [-0.2, -0.15) is 0 Å². The largest absolute Gasteiger partial charge is 0.456 e. The van der Waals surface area contributed by atoms with E-state index < -0.39 is 0 Å². The lowest BCUT2D eigenvalue weighted by molar-refractivity contribution is 0.669. The van der Waals surface area contributed by atoms with Crippen molar-refractivity contribution in [2.75, 3.05) is 4.90 Å². The van der Waals surface area contributed by atoms with Crippen molar-refractivity contribution in [3.05, 3.63) is 212 Å². The molecule has 56 heavy (non-hydrogen) atoms. The highest BCUT2D eigenvalue weighted by Crippen LogP contribution is 2.42. The van der Waals surface area contributed by atoms with Gasteiger partial charge in [-0.3, -0.25) is 0 Å². The van der Waals surface area contributed by atoms with Gasteiger partial charge in [0.1, 0.15) is 11.2 Å². The van der Waals surface area contributed by atoms with Crippen molar-refractivity contribution in [3.8, 4) is 33.4 Å². The van der Waals surface area contributed by atoms with Gasteiger partial charge in [0.05, 0.1) is 0 Å². The summed E-state index contributed by atoms with van der Waals surface area (Å²) in [6, 6.07) is 76.5. The van der Waals surface area contributed by atoms with Crippen LogP contribution in [-0.4, -0.2) is 0 Å². The second-order valence-electron chi connectivity index (χ2n) is 14.5. The normalized spacial score (nSPS) is 11.6. The van der Waals surface area contributed by atoms with E-state index in [-0.39, 0.29) is 0 Å². The zero-order valence-corrected chi connectivity index (χ0v) is 30.6. The predicted molar refractivity (Wildman–Crippen MR) is 237 cm³/mol. The fourth-order valence-corrected chi connectivity index (χ4v) is 8.48. The maximum absolute atomic E-state index is 6.07. The molecule has 2 heteroatoms. The molecule has 0 saturated heterocycles. The van der Waals surface area contributed by atoms with E-state index >= 15 is 0 Å². The Hall–Kier alpha value is -7.42. The van der Waals surface area contributed by atoms with Crippen LogP contribution < -0.4 is 4.90 Å². The predicted octanol–water partition coefficient (Wildman–Crippen LogP) is 15.5. The summed E-state index contributed by atoms with van der Waals surface area (Å²) in [6.45, 7) is 0. The Morgan fingerprint density at radius 1 is 0.232 bits per heavy atom. The molecule has 0 aliphatic carbocycles. The van der Waals surface area contributed by atoms with Crippen molar-refractivity contribution >= 4 is 71.3 Å². The fraction of sp³-hybridized carbons (Fsp3) is 0. The van der Waals surface area contributed by atoms with Gasteiger partial charge in [0.2, 0.25) is 0 Å². The molecule has 0 N–H and O–H groups in total. The van der Waals surface area contributed by atoms with E-state index in [2.05, 4.69) is 205 Å². The average Bonchev–Trinajstić information content (AvgIpc) is 3.65. The van der Waals surface area contributed by atoms with Crippen LogP contribution in [-0.2, 0) is 0 Å². The maximum atomic E-state index is 6.07. The third-order valence-electron chi connectivity index (χ3n) is 11.3. The van der Waals surface area contributed by atoms with Gasteiger partial charge in [-0.1, -0.05) is 158 Å². The van der Waals surface area contributed by atoms with E-state index in [1.165, 1.54) is 65.7 Å². The summed E-state index contributed by atoms with van der Waals surface area (Å²) in [5.74, 6) is 0. The van der Waals surface area contributed by atoms with E-state index in [0.717, 1.165) is 39.0 Å². The van der Waals surface area contributed by atoms with Gasteiger partial charge >= 0.3 is 0 Å². The molecule has 0 amide bonds. The van der Waals surface area contributed by atoms with Crippen molar-refractivity contribution in [2.45, 2.75) is 0 Å². The molecule has 11 rings (SSSR count). The number of rotatable bonds is 6. The van der Waals surface area contributed by atoms with Gasteiger partial charge in [0.15, 0.2) is 0 Å². The molecule has 0 aliphatic rings. The quantitative estimate of drug-likeness (QED) is 0.160. The minimum absolute atomic E-state index is 0.915. The molecular weight excluding hydrogens is 679 g/mol. The molecule has 11 aromatic rings. The molecule has 1 aromatic heterocycles. The Morgan fingerprint density at radius 3 is 1.21 bits per heavy atom. The van der Waals surface area contributed by atoms with Gasteiger partial charge in [-0.25, -0.2) is 0 Å². The molecule has 0 fully saturated rings. The topological polar surface area (TPSA) is 16.4 Å². The highest BCUT2D eigenvalue weighted by Gasteiger charge is 2.17. The van der Waals surface area contributed by atoms with Crippen molar-refractivity contribution < 1.29 is 4.42 Å². The number of furan rings is 1. The Labute approximate surface area is 325 Å². The van der Waals surface area contributed by atoms with E-state index in [9.17, 15) is 0 Å². The van der Waals surface area contributed by atoms with E-state index in [1.54, 1.807) is 0 Å². The van der Waals surface area contributed by atoms with Crippen LogP contribution >= 0.6 is 0 Å². The zero-order valence-electron chi connectivity index (χ0n) is 30.6. The summed E-state index contributed by atoms with van der Waals surface area (Å²) in [7, 11) is 0. The minimum atomic E-state index is 0.915. The summed E-state index contributed by atoms with van der Waals surface area (Å²) in [4.78, 5) is 2.38. The first-order chi connectivity index (χ1) is 27.7. The van der Waals surface area contributed by atoms with Gasteiger partial charge in [0.25, 0.3) is 0 Å². The van der Waals surface area contributed by atoms with Crippen LogP contribution in [0.5, 0.6) is 0 Å². The maximum Gasteiger partial charge on any atom is 0.135 e. The molecule has 0 bridgehead atoms. The SMILES string of the molecule is c1ccc(-c2ccc(N(c3ccc(-c4ccc(-c5ccc6oc7ccccc7c6c5)cc4)cc3)c3ccc4c5ccccc5c5ccccc5c4c3)cc2)cc1. The van der Waals surface area contributed by atoms with Gasteiger partial charge in [-0.05, 0) is 120 Å². The standard InChI is InChI=1S/C54H35NO/c1-2-10-36(11-3-1)38-22-27-42(28-23-38)55(44-31-32-49-47-14-5-4-12-45(47)46-13-6-7-15-48(46)51(49)35-44)43-29-24-39(25-30-43)37-18-20-40(21-19-37)41-26-33-54-52(34-41)50-16-8-9-17-53(50)56-54/h1-35H. The van der Waals surface area contributed by atoms with E-state index in [0.29, 0.717) is 0 Å². The van der Waals surface area contributed by atoms with Crippen molar-refractivity contribution in [3.63, 3.8) is 0 Å². The summed E-state index contributed by atoms with van der Waals surface area (Å²) in [5.41, 5.74) is 12.3. The van der Waals surface area contributed by atoms with E-state index in [4.69, 9.17) is 4.42 Å². The highest BCUT2D eigenvalue weighted by molar-refractivity contribution is 6.25. The third-order valence-corrected chi connectivity index (χ3v) is 11.3. The van der Waals surface area contributed by atoms with Crippen LogP contribution in [0, 0.1) is 0 Å². The van der Waals surface area contributed by atoms with Crippen LogP contribution in [0.4, 0.5) is 17.1 Å². The number of nitrogens with zero attached hydrogens (tertiary/aromatic N) is 1. The number of anilines is 3. The molecule has 10 aromatic carbocycles. The number of benzene rings is 10. The molecule has 1 heterocycles. The molecule has 0 spiro atoms. The summed E-state index contributed by atoms with van der Waals surface area (Å²) < 4.78 is 6.07. The first kappa shape index (κ1) is 32.0. The monoisotopic (exact) mass is 713 g/mol. The summed E-state index contributed by atoms with van der Waals surface area (Å²) in [5, 5.41) is 9.90. The van der Waals surface area contributed by atoms with Crippen molar-refractivity contribution in [1.82, 2.24) is 0 Å². The number of hydrogen-bond donors (Lipinski definition) is 0. The highest BCUT2D eigenvalue weighted by atomic mass is 16.3. The molecule has 0 radical (unpaired) electrons. The molecular formula is C54H35NO. The lowest BCUT2D eigenvalue weighted by Gasteiger charge is -2.26. The van der Waals surface area contributed by atoms with Gasteiger partial charge < -0.3 is 9.32 Å². The van der Waals surface area contributed by atoms with E-state index in [1.807, 2.05) is 12.1 Å². The first-order valence-corrected chi connectivity index (χ1v) is 19.2. The van der Waals surface area contributed by atoms with Crippen LogP contribution in [0.1, 0.15) is 0 Å². The van der Waals surface area contributed by atoms with Gasteiger partial charge in [0, 0.05) is 27.8 Å². The number of fused-ring (bicyclic) bond motifs is 9. The Bertz CT molecular complexity index is 3180. The molecule has 0 unspecified atom stereocenters. The van der Waals surface area contributed by atoms with Gasteiger partial charge in [-0.15, -0.1) is 0 Å². The molecule has 0 aliphatic heterocycles. The second kappa shape index (κ2) is 13.2. The van der Waals surface area contributed by atoms with Crippen LogP contribution in [0.3, 0.4) is 0 Å². The Morgan fingerprint density at radius 2 is 0.625 bits per heavy atom.